The van der Waals surface area contributed by atoms with Gasteiger partial charge in [0.2, 0.25) is 0 Å². The molecule has 0 N–H and O–H groups in total. The average molecular weight is 569 g/mol. The zero-order valence-corrected chi connectivity index (χ0v) is 20.2. The highest BCUT2D eigenvalue weighted by Gasteiger charge is 2.67. The van der Waals surface area contributed by atoms with Crippen molar-refractivity contribution in [1.82, 2.24) is 4.57 Å². The number of allylic oxidation sites excluding steroid dienone is 2. The molecule has 3 rings (SSSR count). The number of hydrogen-bond donors (Lipinski definition) is 0. The molecule has 1 heterocycles. The molecule has 0 amide bonds. The fourth-order valence-electron chi connectivity index (χ4n) is 4.68. The molecule has 1 aromatic carbocycles. The quantitative estimate of drug-likeness (QED) is 0.0949. The molecule has 0 bridgehead atoms. The van der Waals surface area contributed by atoms with Gasteiger partial charge in [-0.05, 0) is 11.5 Å². The molecule has 2 aromatic rings. The summed E-state index contributed by atoms with van der Waals surface area (Å²) in [6.45, 7) is 1.20. The van der Waals surface area contributed by atoms with Gasteiger partial charge in [-0.2, -0.15) is 39.5 Å². The zero-order chi connectivity index (χ0) is 29.6. The fourth-order valence-corrected chi connectivity index (χ4v) is 4.68. The van der Waals surface area contributed by atoms with Crippen molar-refractivity contribution < 1.29 is 58.6 Å². The molecule has 14 heteroatoms. The molecular weight excluding hydrogens is 549 g/mol. The van der Waals surface area contributed by atoms with Crippen LogP contribution in [0.1, 0.15) is 25.1 Å². The van der Waals surface area contributed by atoms with E-state index in [1.54, 1.807) is 0 Å². The minimum absolute atomic E-state index is 0.0718. The fraction of sp³-hybridized carbons (Fsp3) is 0.440. The van der Waals surface area contributed by atoms with Crippen LogP contribution in [0, 0.1) is 29.6 Å². The van der Waals surface area contributed by atoms with E-state index in [0.29, 0.717) is 6.08 Å². The van der Waals surface area contributed by atoms with Crippen LogP contribution in [0.4, 0.5) is 39.5 Å². The Morgan fingerprint density at radius 1 is 1.08 bits per heavy atom. The number of nitrogens with zero attached hydrogens (tertiary/aromatic N) is 1. The maximum absolute atomic E-state index is 14.0. The number of alkyl halides is 9. The van der Waals surface area contributed by atoms with Crippen LogP contribution in [0.25, 0.3) is 10.9 Å². The number of rotatable bonds is 8. The second kappa shape index (κ2) is 10.2. The lowest BCUT2D eigenvalue weighted by molar-refractivity contribution is -0.314. The number of ether oxygens (including phenoxy) is 2. The Morgan fingerprint density at radius 3 is 2.18 bits per heavy atom. The first-order valence-corrected chi connectivity index (χ1v) is 11.1. The van der Waals surface area contributed by atoms with Crippen molar-refractivity contribution >= 4 is 23.2 Å². The van der Waals surface area contributed by atoms with Gasteiger partial charge in [-0.25, -0.2) is 0 Å². The van der Waals surface area contributed by atoms with Gasteiger partial charge >= 0.3 is 24.5 Å². The molecule has 1 aliphatic rings. The average Bonchev–Trinajstić information content (AvgIpc) is 3.21. The second-order valence-corrected chi connectivity index (χ2v) is 9.30. The number of para-hydroxylation sites is 1. The topological polar surface area (TPSA) is 57.5 Å². The second-order valence-electron chi connectivity index (χ2n) is 9.30. The molecule has 0 aliphatic heterocycles. The minimum atomic E-state index is -5.89. The maximum atomic E-state index is 14.0. The van der Waals surface area contributed by atoms with Gasteiger partial charge in [-0.3, -0.25) is 9.59 Å². The van der Waals surface area contributed by atoms with Crippen LogP contribution in [-0.2, 0) is 38.4 Å². The summed E-state index contributed by atoms with van der Waals surface area (Å²) in [7, 11) is 0. The molecule has 39 heavy (non-hydrogen) atoms. The summed E-state index contributed by atoms with van der Waals surface area (Å²) in [5, 5.41) is 0.0718. The van der Waals surface area contributed by atoms with E-state index >= 15 is 0 Å². The summed E-state index contributed by atoms with van der Waals surface area (Å²) in [4.78, 5) is 23.8. The van der Waals surface area contributed by atoms with E-state index in [1.807, 2.05) is 0 Å². The van der Waals surface area contributed by atoms with Gasteiger partial charge in [0, 0.05) is 28.5 Å². The van der Waals surface area contributed by atoms with Crippen molar-refractivity contribution in [2.75, 3.05) is 0 Å². The van der Waals surface area contributed by atoms with Gasteiger partial charge in [0.05, 0.1) is 12.5 Å². The van der Waals surface area contributed by atoms with Crippen LogP contribution in [0.2, 0.25) is 0 Å². The Hall–Kier alpha value is -3.63. The van der Waals surface area contributed by atoms with Crippen molar-refractivity contribution in [3.8, 4) is 12.3 Å². The van der Waals surface area contributed by atoms with E-state index in [9.17, 15) is 49.1 Å². The highest BCUT2D eigenvalue weighted by atomic mass is 19.4. The summed E-state index contributed by atoms with van der Waals surface area (Å²) < 4.78 is 130. The number of aromatic nitrogens is 1. The number of terminal acetylenes is 1. The third-order valence-corrected chi connectivity index (χ3v) is 6.42. The van der Waals surface area contributed by atoms with E-state index < -0.39 is 78.0 Å². The molecule has 5 nitrogen and oxygen atoms in total. The van der Waals surface area contributed by atoms with Crippen LogP contribution in [-0.4, -0.2) is 35.3 Å². The van der Waals surface area contributed by atoms with Gasteiger partial charge in [-0.15, -0.1) is 6.42 Å². The van der Waals surface area contributed by atoms with E-state index in [-0.39, 0.29) is 17.2 Å². The van der Waals surface area contributed by atoms with Crippen LogP contribution >= 0.6 is 0 Å². The number of carbonyl (C=O) groups is 2. The number of esters is 1. The van der Waals surface area contributed by atoms with Crippen LogP contribution < -0.4 is 0 Å². The van der Waals surface area contributed by atoms with Crippen LogP contribution in [0.3, 0.4) is 0 Å². The summed E-state index contributed by atoms with van der Waals surface area (Å²) in [6.07, 6.45) is -15.5. The van der Waals surface area contributed by atoms with E-state index in [2.05, 4.69) is 10.7 Å². The maximum Gasteiger partial charge on any atom is 0.434 e. The summed E-state index contributed by atoms with van der Waals surface area (Å²) >= 11 is 0. The normalized spacial score (nSPS) is 19.6. The molecular formula is C25H20F9NO4. The third-order valence-electron chi connectivity index (χ3n) is 6.42. The number of hydrogen-bond acceptors (Lipinski definition) is 4. The van der Waals surface area contributed by atoms with Gasteiger partial charge in [0.15, 0.2) is 0 Å². The Bertz CT molecular complexity index is 1310. The Kier molecular flexibility index (Phi) is 7.80. The highest BCUT2D eigenvalue weighted by molar-refractivity contribution is 5.86. The predicted octanol–water partition coefficient (Wildman–Crippen LogP) is 6.20. The van der Waals surface area contributed by atoms with E-state index in [0.717, 1.165) is 4.57 Å². The lowest BCUT2D eigenvalue weighted by atomic mass is 10.1. The lowest BCUT2D eigenvalue weighted by Gasteiger charge is -2.25. The molecule has 1 fully saturated rings. The number of benzene rings is 1. The first-order valence-electron chi connectivity index (χ1n) is 11.1. The lowest BCUT2D eigenvalue weighted by Crippen LogP contribution is -2.44. The van der Waals surface area contributed by atoms with Crippen molar-refractivity contribution in [3.05, 3.63) is 47.4 Å². The number of halogens is 9. The molecule has 212 valence electrons. The van der Waals surface area contributed by atoms with Crippen molar-refractivity contribution in [2.24, 2.45) is 17.3 Å². The first-order chi connectivity index (χ1) is 17.9. The summed E-state index contributed by atoms with van der Waals surface area (Å²) in [6, 6.07) is 5.63. The van der Waals surface area contributed by atoms with Crippen LogP contribution in [0.5, 0.6) is 0 Å². The Balaban J connectivity index is 1.91. The highest BCUT2D eigenvalue weighted by Crippen LogP contribution is 2.63. The molecule has 2 atom stereocenters. The molecule has 0 unspecified atom stereocenters. The van der Waals surface area contributed by atoms with Gasteiger partial charge < -0.3 is 14.0 Å². The smallest absolute Gasteiger partial charge is 0.434 e. The van der Waals surface area contributed by atoms with Gasteiger partial charge in [-0.1, -0.05) is 38.0 Å². The minimum Gasteiger partial charge on any atom is -0.475 e. The van der Waals surface area contributed by atoms with Crippen molar-refractivity contribution in [3.63, 3.8) is 0 Å². The molecule has 1 aliphatic carbocycles. The largest absolute Gasteiger partial charge is 0.475 e. The Labute approximate surface area is 215 Å². The molecule has 1 saturated carbocycles. The number of aldehydes is 1. The van der Waals surface area contributed by atoms with Crippen molar-refractivity contribution in [2.45, 2.75) is 51.6 Å². The number of fused-ring (bicyclic) bond motifs is 1. The van der Waals surface area contributed by atoms with Gasteiger partial charge in [0.1, 0.15) is 24.3 Å². The van der Waals surface area contributed by atoms with E-state index in [1.165, 1.54) is 38.1 Å². The predicted molar refractivity (Wildman–Crippen MR) is 117 cm³/mol. The molecule has 1 aromatic heterocycles. The third kappa shape index (κ3) is 5.86. The zero-order valence-electron chi connectivity index (χ0n) is 20.2. The summed E-state index contributed by atoms with van der Waals surface area (Å²) in [5.41, 5.74) is -2.86. The first kappa shape index (κ1) is 29.9. The molecule has 0 spiro atoms. The van der Waals surface area contributed by atoms with Crippen molar-refractivity contribution in [1.29, 1.82) is 0 Å². The molecule has 0 radical (unpaired) electrons. The monoisotopic (exact) mass is 569 g/mol. The SMILES string of the molecule is C#CCn1c(C(F)(F)F)c(COC(=O)[C@@H]2[C@H](C(=CC=O)OC(C(F)(F)F)C(F)(F)F)C2(C)C)c2ccccc21. The Morgan fingerprint density at radius 2 is 1.67 bits per heavy atom. The van der Waals surface area contributed by atoms with E-state index in [4.69, 9.17) is 11.2 Å². The summed E-state index contributed by atoms with van der Waals surface area (Å²) in [5.74, 6) is -3.01. The molecule has 0 saturated heterocycles. The van der Waals surface area contributed by atoms with Gasteiger partial charge in [0.25, 0.3) is 6.10 Å². The standard InChI is InChI=1S/C25H20F9NO4/c1-4-10-35-15-8-6-5-7-13(15)14(19(35)23(26,27)28)12-38-20(37)18-17(22(18,2)3)16(9-11-36)39-21(24(29,30)31)25(32,33)34/h1,5-9,11,17-18,21H,10,12H2,2-3H3/t17-,18-/m0/s1. The van der Waals surface area contributed by atoms with Crippen LogP contribution in [0.15, 0.2) is 36.1 Å². The number of carbonyl (C=O) groups excluding carboxylic acids is 2.